The minimum Gasteiger partial charge on any atom is -0.494 e. The van der Waals surface area contributed by atoms with Crippen molar-refractivity contribution in [2.75, 3.05) is 13.2 Å². The van der Waals surface area contributed by atoms with E-state index in [1.165, 1.54) is 12.1 Å². The Hall–Kier alpha value is -0.940. The predicted molar refractivity (Wildman–Crippen MR) is 60.2 cm³/mol. The van der Waals surface area contributed by atoms with Crippen LogP contribution in [0.1, 0.15) is 18.4 Å². The first-order valence-corrected chi connectivity index (χ1v) is 5.52. The molecule has 0 saturated carbocycles. The molecule has 2 N–H and O–H groups in total. The van der Waals surface area contributed by atoms with Crippen molar-refractivity contribution in [1.82, 2.24) is 0 Å². The number of hydrogen-bond acceptors (Lipinski definition) is 2. The normalized spacial score (nSPS) is 11.6. The predicted octanol–water partition coefficient (Wildman–Crippen LogP) is 3.48. The molecule has 0 atom stereocenters. The van der Waals surface area contributed by atoms with Crippen LogP contribution in [0.15, 0.2) is 18.2 Å². The van der Waals surface area contributed by atoms with Crippen molar-refractivity contribution in [3.05, 3.63) is 28.8 Å². The third-order valence-corrected chi connectivity index (χ3v) is 2.44. The van der Waals surface area contributed by atoms with Gasteiger partial charge in [0.25, 0.3) is 0 Å². The number of unbranched alkanes of at least 4 members (excludes halogenated alkanes) is 1. The monoisotopic (exact) mass is 267 g/mol. The van der Waals surface area contributed by atoms with Crippen molar-refractivity contribution in [1.29, 1.82) is 0 Å². The highest BCUT2D eigenvalue weighted by Gasteiger charge is 2.33. The standard InChI is InChI=1S/C11H13ClF3NO/c12-10-4-3-8(17-6-2-1-5-16)7-9(10)11(13,14)15/h3-4,7H,1-2,5-6,16H2. The summed E-state index contributed by atoms with van der Waals surface area (Å²) in [5, 5.41) is -0.327. The number of hydrogen-bond donors (Lipinski definition) is 1. The third kappa shape index (κ3) is 4.44. The fourth-order valence-electron chi connectivity index (χ4n) is 1.25. The van der Waals surface area contributed by atoms with Crippen LogP contribution >= 0.6 is 11.6 Å². The second-order valence-corrected chi connectivity index (χ2v) is 3.89. The van der Waals surface area contributed by atoms with E-state index in [0.29, 0.717) is 19.6 Å². The first kappa shape index (κ1) is 14.1. The van der Waals surface area contributed by atoms with Crippen molar-refractivity contribution < 1.29 is 17.9 Å². The lowest BCUT2D eigenvalue weighted by molar-refractivity contribution is -0.137. The topological polar surface area (TPSA) is 35.2 Å². The molecule has 0 amide bonds. The van der Waals surface area contributed by atoms with Crippen LogP contribution < -0.4 is 10.5 Å². The first-order chi connectivity index (χ1) is 7.95. The maximum absolute atomic E-state index is 12.5. The van der Waals surface area contributed by atoms with Crippen molar-refractivity contribution >= 4 is 11.6 Å². The molecule has 0 heterocycles. The highest BCUT2D eigenvalue weighted by atomic mass is 35.5. The van der Waals surface area contributed by atoms with Gasteiger partial charge in [-0.2, -0.15) is 13.2 Å². The molecule has 0 radical (unpaired) electrons. The quantitative estimate of drug-likeness (QED) is 0.829. The molecular weight excluding hydrogens is 255 g/mol. The lowest BCUT2D eigenvalue weighted by atomic mass is 10.2. The lowest BCUT2D eigenvalue weighted by Crippen LogP contribution is -2.07. The zero-order valence-corrected chi connectivity index (χ0v) is 9.81. The maximum atomic E-state index is 12.5. The van der Waals surface area contributed by atoms with Crippen LogP contribution in [0.3, 0.4) is 0 Å². The molecule has 17 heavy (non-hydrogen) atoms. The Labute approximate surface area is 103 Å². The Balaban J connectivity index is 2.69. The Kier molecular flexibility index (Phi) is 5.08. The number of ether oxygens (including phenoxy) is 1. The Bertz CT molecular complexity index is 368. The van der Waals surface area contributed by atoms with Crippen LogP contribution in [-0.4, -0.2) is 13.2 Å². The van der Waals surface area contributed by atoms with Crippen LogP contribution in [0.25, 0.3) is 0 Å². The van der Waals surface area contributed by atoms with Gasteiger partial charge in [0.15, 0.2) is 0 Å². The molecule has 1 rings (SSSR count). The van der Waals surface area contributed by atoms with Gasteiger partial charge in [0.1, 0.15) is 5.75 Å². The molecule has 0 aliphatic heterocycles. The zero-order valence-electron chi connectivity index (χ0n) is 9.06. The van der Waals surface area contributed by atoms with Crippen LogP contribution in [0.5, 0.6) is 5.75 Å². The Morgan fingerprint density at radius 2 is 1.94 bits per heavy atom. The van der Waals surface area contributed by atoms with Crippen LogP contribution in [-0.2, 0) is 6.18 Å². The van der Waals surface area contributed by atoms with E-state index in [4.69, 9.17) is 22.1 Å². The molecule has 0 fully saturated rings. The van der Waals surface area contributed by atoms with E-state index >= 15 is 0 Å². The van der Waals surface area contributed by atoms with Gasteiger partial charge in [0.05, 0.1) is 17.2 Å². The summed E-state index contributed by atoms with van der Waals surface area (Å²) in [5.74, 6) is 0.166. The van der Waals surface area contributed by atoms with Crippen molar-refractivity contribution in [3.8, 4) is 5.75 Å². The highest BCUT2D eigenvalue weighted by molar-refractivity contribution is 6.31. The average Bonchev–Trinajstić information content (AvgIpc) is 2.25. The van der Waals surface area contributed by atoms with E-state index in [9.17, 15) is 13.2 Å². The van der Waals surface area contributed by atoms with Crippen molar-refractivity contribution in [2.24, 2.45) is 5.73 Å². The summed E-state index contributed by atoms with van der Waals surface area (Å²) in [4.78, 5) is 0. The molecule has 0 spiro atoms. The Morgan fingerprint density at radius 1 is 1.24 bits per heavy atom. The molecule has 6 heteroatoms. The van der Waals surface area contributed by atoms with Gasteiger partial charge in [-0.1, -0.05) is 11.6 Å². The van der Waals surface area contributed by atoms with Gasteiger partial charge in [-0.05, 0) is 37.6 Å². The molecule has 0 bridgehead atoms. The SMILES string of the molecule is NCCCCOc1ccc(Cl)c(C(F)(F)F)c1. The molecule has 0 saturated heterocycles. The van der Waals surface area contributed by atoms with E-state index in [1.807, 2.05) is 0 Å². The summed E-state index contributed by atoms with van der Waals surface area (Å²) in [7, 11) is 0. The van der Waals surface area contributed by atoms with Crippen molar-refractivity contribution in [3.63, 3.8) is 0 Å². The zero-order chi connectivity index (χ0) is 12.9. The largest absolute Gasteiger partial charge is 0.494 e. The van der Waals surface area contributed by atoms with Crippen molar-refractivity contribution in [2.45, 2.75) is 19.0 Å². The van der Waals surface area contributed by atoms with E-state index in [0.717, 1.165) is 12.5 Å². The van der Waals surface area contributed by atoms with E-state index in [2.05, 4.69) is 0 Å². The van der Waals surface area contributed by atoms with Crippen LogP contribution in [0.4, 0.5) is 13.2 Å². The number of nitrogens with two attached hydrogens (primary N) is 1. The number of benzene rings is 1. The van der Waals surface area contributed by atoms with Gasteiger partial charge in [0, 0.05) is 0 Å². The van der Waals surface area contributed by atoms with E-state index in [1.54, 1.807) is 0 Å². The van der Waals surface area contributed by atoms with Gasteiger partial charge in [-0.15, -0.1) is 0 Å². The number of rotatable bonds is 5. The highest BCUT2D eigenvalue weighted by Crippen LogP contribution is 2.36. The van der Waals surface area contributed by atoms with E-state index in [-0.39, 0.29) is 10.8 Å². The maximum Gasteiger partial charge on any atom is 0.417 e. The molecule has 0 aliphatic carbocycles. The second kappa shape index (κ2) is 6.12. The molecule has 0 aromatic heterocycles. The van der Waals surface area contributed by atoms with Gasteiger partial charge >= 0.3 is 6.18 Å². The minimum atomic E-state index is -4.46. The molecule has 96 valence electrons. The first-order valence-electron chi connectivity index (χ1n) is 5.15. The smallest absolute Gasteiger partial charge is 0.417 e. The van der Waals surface area contributed by atoms with Gasteiger partial charge < -0.3 is 10.5 Å². The number of halogens is 4. The summed E-state index contributed by atoms with van der Waals surface area (Å²) >= 11 is 5.47. The summed E-state index contributed by atoms with van der Waals surface area (Å²) in [6, 6.07) is 3.51. The molecule has 0 aliphatic rings. The summed E-state index contributed by atoms with van der Waals surface area (Å²) in [6.07, 6.45) is -2.98. The van der Waals surface area contributed by atoms with Gasteiger partial charge in [-0.3, -0.25) is 0 Å². The lowest BCUT2D eigenvalue weighted by Gasteiger charge is -2.11. The Morgan fingerprint density at radius 3 is 2.53 bits per heavy atom. The number of alkyl halides is 3. The molecular formula is C11H13ClF3NO. The molecule has 1 aromatic carbocycles. The van der Waals surface area contributed by atoms with Gasteiger partial charge in [0.2, 0.25) is 0 Å². The summed E-state index contributed by atoms with van der Waals surface area (Å²) < 4.78 is 42.7. The second-order valence-electron chi connectivity index (χ2n) is 3.48. The molecule has 0 unspecified atom stereocenters. The fourth-order valence-corrected chi connectivity index (χ4v) is 1.47. The van der Waals surface area contributed by atoms with E-state index < -0.39 is 11.7 Å². The van der Waals surface area contributed by atoms with Crippen LogP contribution in [0, 0.1) is 0 Å². The van der Waals surface area contributed by atoms with Gasteiger partial charge in [-0.25, -0.2) is 0 Å². The minimum absolute atomic E-state index is 0.166. The summed E-state index contributed by atoms with van der Waals surface area (Å²) in [5.41, 5.74) is 4.41. The van der Waals surface area contributed by atoms with Crippen LogP contribution in [0.2, 0.25) is 5.02 Å². The molecule has 1 aromatic rings. The molecule has 2 nitrogen and oxygen atoms in total. The fraction of sp³-hybridized carbons (Fsp3) is 0.455. The average molecular weight is 268 g/mol. The third-order valence-electron chi connectivity index (χ3n) is 2.11. The summed E-state index contributed by atoms with van der Waals surface area (Å²) in [6.45, 7) is 0.883.